The average molecular weight is 452 g/mol. The first kappa shape index (κ1) is 21.3. The van der Waals surface area contributed by atoms with Gasteiger partial charge in [0.25, 0.3) is 5.91 Å². The average Bonchev–Trinajstić information content (AvgIpc) is 3.13. The molecule has 9 heteroatoms. The van der Waals surface area contributed by atoms with E-state index >= 15 is 0 Å². The molecule has 0 fully saturated rings. The number of amides is 1. The normalized spacial score (nSPS) is 10.7. The van der Waals surface area contributed by atoms with E-state index < -0.39 is 5.82 Å². The summed E-state index contributed by atoms with van der Waals surface area (Å²) in [4.78, 5) is 21.0. The monoisotopic (exact) mass is 451 g/mol. The summed E-state index contributed by atoms with van der Waals surface area (Å²) in [6.07, 6.45) is 5.99. The van der Waals surface area contributed by atoms with Gasteiger partial charge in [0, 0.05) is 47.6 Å². The van der Waals surface area contributed by atoms with Crippen molar-refractivity contribution in [2.45, 2.75) is 6.61 Å². The van der Waals surface area contributed by atoms with Gasteiger partial charge in [-0.3, -0.25) is 14.8 Å². The van der Waals surface area contributed by atoms with Crippen molar-refractivity contribution in [3.63, 3.8) is 0 Å². The van der Waals surface area contributed by atoms with Crippen molar-refractivity contribution in [3.05, 3.63) is 89.2 Å². The molecular weight excluding hydrogens is 433 g/mol. The Labute approximate surface area is 188 Å². The lowest BCUT2D eigenvalue weighted by Gasteiger charge is -2.11. The van der Waals surface area contributed by atoms with E-state index in [0.29, 0.717) is 44.7 Å². The van der Waals surface area contributed by atoms with Gasteiger partial charge in [-0.1, -0.05) is 11.6 Å². The van der Waals surface area contributed by atoms with Gasteiger partial charge in [-0.15, -0.1) is 0 Å². The van der Waals surface area contributed by atoms with E-state index in [9.17, 15) is 9.18 Å². The van der Waals surface area contributed by atoms with Crippen molar-refractivity contribution >= 4 is 28.9 Å². The molecular formula is C23H19ClFN5O2. The van der Waals surface area contributed by atoms with Crippen LogP contribution in [0.3, 0.4) is 0 Å². The molecule has 7 nitrogen and oxygen atoms in total. The van der Waals surface area contributed by atoms with E-state index in [4.69, 9.17) is 22.1 Å². The highest BCUT2D eigenvalue weighted by atomic mass is 35.5. The highest BCUT2D eigenvalue weighted by Gasteiger charge is 2.17. The fraction of sp³-hybridized carbons (Fsp3) is 0.0870. The largest absolute Gasteiger partial charge is 0.486 e. The van der Waals surface area contributed by atoms with Crippen LogP contribution in [0, 0.1) is 5.82 Å². The van der Waals surface area contributed by atoms with Gasteiger partial charge < -0.3 is 20.4 Å². The van der Waals surface area contributed by atoms with Crippen molar-refractivity contribution < 1.29 is 13.9 Å². The number of anilines is 2. The van der Waals surface area contributed by atoms with E-state index in [-0.39, 0.29) is 12.5 Å². The smallest absolute Gasteiger partial charge is 0.257 e. The van der Waals surface area contributed by atoms with Crippen LogP contribution in [0.2, 0.25) is 5.02 Å². The fourth-order valence-corrected chi connectivity index (χ4v) is 3.45. The van der Waals surface area contributed by atoms with Crippen LogP contribution < -0.4 is 15.8 Å². The van der Waals surface area contributed by atoms with E-state index in [1.165, 1.54) is 12.3 Å². The topological polar surface area (TPSA) is 95.1 Å². The molecule has 3 heterocycles. The molecule has 0 radical (unpaired) electrons. The van der Waals surface area contributed by atoms with Gasteiger partial charge in [0.05, 0.1) is 17.5 Å². The zero-order valence-electron chi connectivity index (χ0n) is 17.0. The van der Waals surface area contributed by atoms with Crippen molar-refractivity contribution in [2.75, 3.05) is 11.1 Å². The quantitative estimate of drug-likeness (QED) is 0.415. The molecule has 4 rings (SSSR count). The van der Waals surface area contributed by atoms with Crippen LogP contribution >= 0.6 is 11.6 Å². The van der Waals surface area contributed by atoms with Crippen LogP contribution in [-0.2, 0) is 13.7 Å². The van der Waals surface area contributed by atoms with Crippen molar-refractivity contribution in [1.82, 2.24) is 14.5 Å². The maximum absolute atomic E-state index is 13.4. The Morgan fingerprint density at radius 1 is 1.25 bits per heavy atom. The Kier molecular flexibility index (Phi) is 6.04. The van der Waals surface area contributed by atoms with Crippen LogP contribution in [0.25, 0.3) is 11.4 Å². The number of benzene rings is 1. The van der Waals surface area contributed by atoms with Gasteiger partial charge in [-0.25, -0.2) is 4.39 Å². The third-order valence-electron chi connectivity index (χ3n) is 4.61. The summed E-state index contributed by atoms with van der Waals surface area (Å²) in [7, 11) is 1.80. The fourth-order valence-electron chi connectivity index (χ4n) is 3.21. The van der Waals surface area contributed by atoms with E-state index in [2.05, 4.69) is 15.3 Å². The number of nitrogen functional groups attached to an aromatic ring is 1. The number of hydrogen-bond donors (Lipinski definition) is 2. The van der Waals surface area contributed by atoms with Gasteiger partial charge in [0.2, 0.25) is 0 Å². The number of nitrogens with two attached hydrogens (primary N) is 1. The van der Waals surface area contributed by atoms with Gasteiger partial charge >= 0.3 is 0 Å². The van der Waals surface area contributed by atoms with Crippen LogP contribution in [0.4, 0.5) is 15.8 Å². The number of carbonyl (C=O) groups excluding carboxylic acids is 1. The minimum atomic E-state index is -0.433. The molecule has 0 saturated carbocycles. The molecule has 162 valence electrons. The van der Waals surface area contributed by atoms with E-state index in [1.54, 1.807) is 60.4 Å². The number of rotatable bonds is 6. The molecule has 3 N–H and O–H groups in total. The number of aromatic nitrogens is 3. The lowest BCUT2D eigenvalue weighted by atomic mass is 10.2. The summed E-state index contributed by atoms with van der Waals surface area (Å²) >= 11 is 6.01. The molecule has 0 aliphatic heterocycles. The first-order valence-electron chi connectivity index (χ1n) is 9.60. The van der Waals surface area contributed by atoms with E-state index in [1.807, 2.05) is 0 Å². The molecule has 32 heavy (non-hydrogen) atoms. The standard InChI is InChI=1S/C23H19ClFN5O2/c1-30-12-15(23(31)29-19-8-16(24)7-18(26)9-19)6-20(30)22-21(3-2-4-28-22)32-13-14-5-17(25)11-27-10-14/h2-12H,13,26H2,1H3,(H,29,31). The number of halogens is 2. The summed E-state index contributed by atoms with van der Waals surface area (Å²) in [5, 5.41) is 3.22. The molecule has 0 spiro atoms. The summed E-state index contributed by atoms with van der Waals surface area (Å²) in [6.45, 7) is 0.122. The minimum Gasteiger partial charge on any atom is -0.486 e. The Morgan fingerprint density at radius 3 is 2.88 bits per heavy atom. The Balaban J connectivity index is 1.56. The predicted molar refractivity (Wildman–Crippen MR) is 121 cm³/mol. The lowest BCUT2D eigenvalue weighted by Crippen LogP contribution is -2.11. The highest BCUT2D eigenvalue weighted by molar-refractivity contribution is 6.31. The van der Waals surface area contributed by atoms with Gasteiger partial charge in [0.1, 0.15) is 23.9 Å². The second-order valence-corrected chi connectivity index (χ2v) is 7.54. The molecule has 0 saturated heterocycles. The Morgan fingerprint density at radius 2 is 2.09 bits per heavy atom. The highest BCUT2D eigenvalue weighted by Crippen LogP contribution is 2.30. The molecule has 0 aliphatic carbocycles. The summed E-state index contributed by atoms with van der Waals surface area (Å²) in [5.41, 5.74) is 8.97. The minimum absolute atomic E-state index is 0.122. The molecule has 0 atom stereocenters. The molecule has 0 bridgehead atoms. The lowest BCUT2D eigenvalue weighted by molar-refractivity contribution is 0.102. The summed E-state index contributed by atoms with van der Waals surface area (Å²) in [6, 6.07) is 11.4. The van der Waals surface area contributed by atoms with E-state index in [0.717, 1.165) is 6.20 Å². The zero-order valence-corrected chi connectivity index (χ0v) is 17.8. The molecule has 1 aromatic carbocycles. The van der Waals surface area contributed by atoms with Crippen molar-refractivity contribution in [2.24, 2.45) is 7.05 Å². The second-order valence-electron chi connectivity index (χ2n) is 7.10. The van der Waals surface area contributed by atoms with Crippen LogP contribution in [0.15, 0.2) is 67.3 Å². The third-order valence-corrected chi connectivity index (χ3v) is 4.83. The zero-order chi connectivity index (χ0) is 22.7. The molecule has 0 aliphatic rings. The number of aryl methyl sites for hydroxylation is 1. The van der Waals surface area contributed by atoms with Crippen LogP contribution in [0.1, 0.15) is 15.9 Å². The maximum Gasteiger partial charge on any atom is 0.257 e. The van der Waals surface area contributed by atoms with Crippen LogP contribution in [0.5, 0.6) is 5.75 Å². The first-order valence-corrected chi connectivity index (χ1v) is 9.98. The number of ether oxygens (including phenoxy) is 1. The van der Waals surface area contributed by atoms with Crippen molar-refractivity contribution in [1.29, 1.82) is 0 Å². The molecule has 0 unspecified atom stereocenters. The summed E-state index contributed by atoms with van der Waals surface area (Å²) < 4.78 is 21.0. The molecule has 1 amide bonds. The Bertz CT molecular complexity index is 1270. The Hall–Kier alpha value is -3.91. The number of hydrogen-bond acceptors (Lipinski definition) is 5. The third kappa shape index (κ3) is 4.87. The number of carbonyl (C=O) groups is 1. The van der Waals surface area contributed by atoms with Gasteiger partial charge in [-0.05, 0) is 42.5 Å². The maximum atomic E-state index is 13.4. The predicted octanol–water partition coefficient (Wildman–Crippen LogP) is 4.69. The second kappa shape index (κ2) is 9.07. The number of nitrogens with zero attached hydrogens (tertiary/aromatic N) is 3. The van der Waals surface area contributed by atoms with Gasteiger partial charge in [-0.2, -0.15) is 0 Å². The molecule has 4 aromatic rings. The van der Waals surface area contributed by atoms with Crippen molar-refractivity contribution in [3.8, 4) is 17.1 Å². The molecule has 3 aromatic heterocycles. The SMILES string of the molecule is Cn1cc(C(=O)Nc2cc(N)cc(Cl)c2)cc1-c1ncccc1OCc1cncc(F)c1. The number of pyridine rings is 2. The van der Waals surface area contributed by atoms with Crippen LogP contribution in [-0.4, -0.2) is 20.4 Å². The summed E-state index contributed by atoms with van der Waals surface area (Å²) in [5.74, 6) is -0.262. The number of nitrogens with one attached hydrogen (secondary N) is 1. The van der Waals surface area contributed by atoms with Gasteiger partial charge in [0.15, 0.2) is 0 Å². The first-order chi connectivity index (χ1) is 15.4.